The molecule has 0 radical (unpaired) electrons. The van der Waals surface area contributed by atoms with Crippen LogP contribution >= 0.6 is 0 Å². The zero-order valence-electron chi connectivity index (χ0n) is 10.6. The number of rotatable bonds is 7. The van der Waals surface area contributed by atoms with Gasteiger partial charge in [0, 0.05) is 37.4 Å². The van der Waals surface area contributed by atoms with Crippen molar-refractivity contribution in [1.29, 1.82) is 0 Å². The van der Waals surface area contributed by atoms with Crippen molar-refractivity contribution in [3.05, 3.63) is 18.5 Å². The Kier molecular flexibility index (Phi) is 5.15. The minimum Gasteiger partial charge on any atom is -0.356 e. The van der Waals surface area contributed by atoms with Crippen molar-refractivity contribution in [3.8, 4) is 0 Å². The first kappa shape index (κ1) is 13.7. The maximum atomic E-state index is 11.5. The average Bonchev–Trinajstić information content (AvgIpc) is 2.73. The second-order valence-electron chi connectivity index (χ2n) is 4.96. The Morgan fingerprint density at radius 1 is 1.53 bits per heavy atom. The number of aromatic nitrogens is 2. The SMILES string of the molecule is CC(C)(N)CCC(=O)NCCCn1cccn1. The second kappa shape index (κ2) is 6.39. The van der Waals surface area contributed by atoms with Gasteiger partial charge in [0.2, 0.25) is 5.91 Å². The molecule has 17 heavy (non-hydrogen) atoms. The Bertz CT molecular complexity index is 327. The van der Waals surface area contributed by atoms with Crippen LogP contribution in [0.2, 0.25) is 0 Å². The highest BCUT2D eigenvalue weighted by Gasteiger charge is 2.12. The lowest BCUT2D eigenvalue weighted by Crippen LogP contribution is -2.34. The van der Waals surface area contributed by atoms with E-state index in [0.717, 1.165) is 13.0 Å². The van der Waals surface area contributed by atoms with Gasteiger partial charge in [0.05, 0.1) is 0 Å². The minimum atomic E-state index is -0.271. The van der Waals surface area contributed by atoms with Crippen LogP contribution in [-0.4, -0.2) is 27.8 Å². The van der Waals surface area contributed by atoms with Crippen LogP contribution in [0.4, 0.5) is 0 Å². The van der Waals surface area contributed by atoms with Gasteiger partial charge in [-0.05, 0) is 32.8 Å². The maximum Gasteiger partial charge on any atom is 0.220 e. The van der Waals surface area contributed by atoms with Crippen molar-refractivity contribution in [2.24, 2.45) is 5.73 Å². The highest BCUT2D eigenvalue weighted by Crippen LogP contribution is 2.06. The predicted octanol–water partition coefficient (Wildman–Crippen LogP) is 0.907. The topological polar surface area (TPSA) is 72.9 Å². The molecule has 0 atom stereocenters. The van der Waals surface area contributed by atoms with Crippen LogP contribution < -0.4 is 11.1 Å². The molecule has 0 aromatic carbocycles. The fourth-order valence-corrected chi connectivity index (χ4v) is 1.43. The highest BCUT2D eigenvalue weighted by molar-refractivity contribution is 5.75. The lowest BCUT2D eigenvalue weighted by atomic mass is 10.00. The standard InChI is InChI=1S/C12H22N4O/c1-12(2,13)6-5-11(17)14-7-3-9-16-10-4-8-15-16/h4,8,10H,3,5-7,9,13H2,1-2H3,(H,14,17). The van der Waals surface area contributed by atoms with Gasteiger partial charge in [0.25, 0.3) is 0 Å². The molecule has 1 heterocycles. The molecule has 96 valence electrons. The number of aryl methyl sites for hydroxylation is 1. The van der Waals surface area contributed by atoms with E-state index in [9.17, 15) is 4.79 Å². The molecule has 1 rings (SSSR count). The molecule has 3 N–H and O–H groups in total. The van der Waals surface area contributed by atoms with E-state index in [2.05, 4.69) is 10.4 Å². The molecule has 0 aliphatic carbocycles. The fourth-order valence-electron chi connectivity index (χ4n) is 1.43. The molecule has 0 saturated heterocycles. The van der Waals surface area contributed by atoms with Crippen molar-refractivity contribution >= 4 is 5.91 Å². The first-order valence-electron chi connectivity index (χ1n) is 6.00. The molecule has 0 spiro atoms. The van der Waals surface area contributed by atoms with Gasteiger partial charge in [0.1, 0.15) is 0 Å². The zero-order chi connectivity index (χ0) is 12.7. The number of nitrogens with one attached hydrogen (secondary N) is 1. The summed E-state index contributed by atoms with van der Waals surface area (Å²) < 4.78 is 1.86. The van der Waals surface area contributed by atoms with Gasteiger partial charge < -0.3 is 11.1 Å². The lowest BCUT2D eigenvalue weighted by molar-refractivity contribution is -0.121. The van der Waals surface area contributed by atoms with E-state index < -0.39 is 0 Å². The smallest absolute Gasteiger partial charge is 0.220 e. The molecule has 0 aliphatic rings. The van der Waals surface area contributed by atoms with E-state index in [1.54, 1.807) is 6.20 Å². The van der Waals surface area contributed by atoms with Crippen LogP contribution in [0.3, 0.4) is 0 Å². The maximum absolute atomic E-state index is 11.5. The van der Waals surface area contributed by atoms with Crippen LogP contribution in [0, 0.1) is 0 Å². The van der Waals surface area contributed by atoms with Gasteiger partial charge in [-0.15, -0.1) is 0 Å². The summed E-state index contributed by atoms with van der Waals surface area (Å²) in [6, 6.07) is 1.89. The second-order valence-corrected chi connectivity index (χ2v) is 4.96. The van der Waals surface area contributed by atoms with E-state index in [0.29, 0.717) is 19.4 Å². The van der Waals surface area contributed by atoms with Gasteiger partial charge in [-0.2, -0.15) is 5.10 Å². The Balaban J connectivity index is 2.04. The van der Waals surface area contributed by atoms with E-state index in [1.807, 2.05) is 30.8 Å². The Labute approximate surface area is 102 Å². The third-order valence-electron chi connectivity index (χ3n) is 2.44. The molecule has 0 bridgehead atoms. The number of nitrogens with zero attached hydrogens (tertiary/aromatic N) is 2. The van der Waals surface area contributed by atoms with Crippen LogP contribution in [0.25, 0.3) is 0 Å². The molecule has 0 fully saturated rings. The van der Waals surface area contributed by atoms with Gasteiger partial charge in [-0.3, -0.25) is 9.48 Å². The third kappa shape index (κ3) is 6.73. The van der Waals surface area contributed by atoms with Gasteiger partial charge in [-0.25, -0.2) is 0 Å². The van der Waals surface area contributed by atoms with Gasteiger partial charge in [-0.1, -0.05) is 0 Å². The molecule has 0 unspecified atom stereocenters. The van der Waals surface area contributed by atoms with Crippen LogP contribution in [0.5, 0.6) is 0 Å². The summed E-state index contributed by atoms with van der Waals surface area (Å²) in [5, 5.41) is 6.97. The first-order valence-corrected chi connectivity index (χ1v) is 6.00. The van der Waals surface area contributed by atoms with Crippen molar-refractivity contribution < 1.29 is 4.79 Å². The number of hydrogen-bond donors (Lipinski definition) is 2. The quantitative estimate of drug-likeness (QED) is 0.693. The predicted molar refractivity (Wildman–Crippen MR) is 67.4 cm³/mol. The van der Waals surface area contributed by atoms with E-state index in [4.69, 9.17) is 5.73 Å². The summed E-state index contributed by atoms with van der Waals surface area (Å²) in [5.41, 5.74) is 5.54. The minimum absolute atomic E-state index is 0.0731. The Hall–Kier alpha value is -1.36. The number of nitrogens with two attached hydrogens (primary N) is 1. The molecule has 0 aliphatic heterocycles. The molecule has 5 heteroatoms. The fraction of sp³-hybridized carbons (Fsp3) is 0.667. The molecule has 5 nitrogen and oxygen atoms in total. The van der Waals surface area contributed by atoms with Crippen molar-refractivity contribution in [2.45, 2.75) is 45.2 Å². The van der Waals surface area contributed by atoms with Crippen LogP contribution in [-0.2, 0) is 11.3 Å². The van der Waals surface area contributed by atoms with Crippen molar-refractivity contribution in [1.82, 2.24) is 15.1 Å². The molecule has 1 amide bonds. The average molecular weight is 238 g/mol. The summed E-state index contributed by atoms with van der Waals surface area (Å²) in [6.07, 6.45) is 5.75. The zero-order valence-corrected chi connectivity index (χ0v) is 10.6. The van der Waals surface area contributed by atoms with E-state index in [-0.39, 0.29) is 11.4 Å². The molecular formula is C12H22N4O. The van der Waals surface area contributed by atoms with Gasteiger partial charge in [0.15, 0.2) is 0 Å². The third-order valence-corrected chi connectivity index (χ3v) is 2.44. The largest absolute Gasteiger partial charge is 0.356 e. The molecule has 0 saturated carbocycles. The number of carbonyl (C=O) groups is 1. The van der Waals surface area contributed by atoms with E-state index in [1.165, 1.54) is 0 Å². The molecule has 1 aromatic rings. The Morgan fingerprint density at radius 3 is 2.88 bits per heavy atom. The van der Waals surface area contributed by atoms with Crippen LogP contribution in [0.1, 0.15) is 33.1 Å². The monoisotopic (exact) mass is 238 g/mol. The van der Waals surface area contributed by atoms with Crippen LogP contribution in [0.15, 0.2) is 18.5 Å². The summed E-state index contributed by atoms with van der Waals surface area (Å²) in [4.78, 5) is 11.5. The van der Waals surface area contributed by atoms with Gasteiger partial charge >= 0.3 is 0 Å². The number of amides is 1. The summed E-state index contributed by atoms with van der Waals surface area (Å²) in [5.74, 6) is 0.0731. The summed E-state index contributed by atoms with van der Waals surface area (Å²) in [7, 11) is 0. The summed E-state index contributed by atoms with van der Waals surface area (Å²) >= 11 is 0. The lowest BCUT2D eigenvalue weighted by Gasteiger charge is -2.17. The number of carbonyl (C=O) groups excluding carboxylic acids is 1. The Morgan fingerprint density at radius 2 is 2.29 bits per heavy atom. The van der Waals surface area contributed by atoms with Crippen molar-refractivity contribution in [3.63, 3.8) is 0 Å². The van der Waals surface area contributed by atoms with E-state index >= 15 is 0 Å². The molecule has 1 aromatic heterocycles. The highest BCUT2D eigenvalue weighted by atomic mass is 16.1. The van der Waals surface area contributed by atoms with Crippen molar-refractivity contribution in [2.75, 3.05) is 6.54 Å². The summed E-state index contributed by atoms with van der Waals surface area (Å²) in [6.45, 7) is 5.37. The molecular weight excluding hydrogens is 216 g/mol. The normalized spacial score (nSPS) is 11.5. The number of hydrogen-bond acceptors (Lipinski definition) is 3. The first-order chi connectivity index (χ1) is 7.97.